The van der Waals surface area contributed by atoms with Gasteiger partial charge in [-0.05, 0) is 82.1 Å². The summed E-state index contributed by atoms with van der Waals surface area (Å²) in [5.41, 5.74) is 0.387. The van der Waals surface area contributed by atoms with Crippen LogP contribution in [0.15, 0.2) is 22.7 Å². The van der Waals surface area contributed by atoms with E-state index in [-0.39, 0.29) is 24.6 Å². The van der Waals surface area contributed by atoms with Crippen molar-refractivity contribution >= 4 is 32.9 Å². The van der Waals surface area contributed by atoms with Gasteiger partial charge in [0.15, 0.2) is 5.54 Å². The minimum atomic E-state index is -1.46. The smallest absolute Gasteiger partial charge is 0.332 e. The fourth-order valence-electron chi connectivity index (χ4n) is 6.05. The molecule has 0 radical (unpaired) electrons. The Balaban J connectivity index is 2.27. The van der Waals surface area contributed by atoms with Crippen LogP contribution in [0, 0.1) is 17.3 Å². The van der Waals surface area contributed by atoms with Gasteiger partial charge in [-0.25, -0.2) is 13.7 Å². The number of rotatable bonds is 6. The molecule has 0 bridgehead atoms. The van der Waals surface area contributed by atoms with Gasteiger partial charge in [-0.1, -0.05) is 42.3 Å². The standard InChI is InChI=1S/C25H38BrNO4S/c1-8-17-14-24(13-16(3)21(17)30-7)15-18-10-11-19(26)12-20(18)25(24,22(28)31-9-2)27-32(29)23(4,5)6/h10-12,16-17,21,27H,8-9,13-15H2,1-7H3/t16-,17+,21+,24+,25+,32-/m0/s1. The van der Waals surface area contributed by atoms with Gasteiger partial charge in [0, 0.05) is 17.0 Å². The highest BCUT2D eigenvalue weighted by molar-refractivity contribution is 9.10. The summed E-state index contributed by atoms with van der Waals surface area (Å²) in [6.07, 6.45) is 3.47. The molecule has 2 aliphatic rings. The highest BCUT2D eigenvalue weighted by Gasteiger charge is 2.66. The third-order valence-corrected chi connectivity index (χ3v) is 9.47. The van der Waals surface area contributed by atoms with Crippen LogP contribution in [0.25, 0.3) is 0 Å². The molecule has 0 aromatic heterocycles. The second-order valence-corrected chi connectivity index (χ2v) is 13.3. The maximum Gasteiger partial charge on any atom is 0.332 e. The number of carbonyl (C=O) groups excluding carboxylic acids is 1. The number of fused-ring (bicyclic) bond motifs is 1. The van der Waals surface area contributed by atoms with E-state index in [4.69, 9.17) is 9.47 Å². The third kappa shape index (κ3) is 4.23. The Bertz CT molecular complexity index is 885. The Morgan fingerprint density at radius 1 is 1.28 bits per heavy atom. The highest BCUT2D eigenvalue weighted by Crippen LogP contribution is 2.61. The number of ether oxygens (including phenoxy) is 2. The third-order valence-electron chi connectivity index (χ3n) is 7.37. The molecule has 2 aliphatic carbocycles. The van der Waals surface area contributed by atoms with Crippen LogP contribution in [-0.2, 0) is 37.2 Å². The van der Waals surface area contributed by atoms with Crippen molar-refractivity contribution in [3.63, 3.8) is 0 Å². The number of halogens is 1. The van der Waals surface area contributed by atoms with Crippen molar-refractivity contribution in [3.05, 3.63) is 33.8 Å². The highest BCUT2D eigenvalue weighted by atomic mass is 79.9. The van der Waals surface area contributed by atoms with Crippen LogP contribution >= 0.6 is 15.9 Å². The van der Waals surface area contributed by atoms with Crippen LogP contribution in [0.3, 0.4) is 0 Å². The van der Waals surface area contributed by atoms with Crippen LogP contribution in [0.5, 0.6) is 0 Å². The SMILES string of the molecule is CCOC(=O)[C@]1(N[S@@](=O)C(C)(C)C)c2cc(Br)ccc2C[C@@]12C[C@@H](CC)[C@H](OC)[C@@H](C)C2. The fraction of sp³-hybridized carbons (Fsp3) is 0.720. The Hall–Kier alpha value is -0.760. The molecule has 1 saturated carbocycles. The van der Waals surface area contributed by atoms with Gasteiger partial charge in [0.25, 0.3) is 0 Å². The van der Waals surface area contributed by atoms with Crippen LogP contribution in [0.2, 0.25) is 0 Å². The van der Waals surface area contributed by atoms with E-state index in [0.29, 0.717) is 5.92 Å². The Morgan fingerprint density at radius 2 is 1.97 bits per heavy atom. The lowest BCUT2D eigenvalue weighted by atomic mass is 9.56. The molecule has 1 spiro atoms. The summed E-state index contributed by atoms with van der Waals surface area (Å²) in [6, 6.07) is 6.13. The topological polar surface area (TPSA) is 64.6 Å². The second kappa shape index (κ2) is 9.47. The van der Waals surface area contributed by atoms with Gasteiger partial charge in [-0.15, -0.1) is 0 Å². The maximum atomic E-state index is 14.0. The monoisotopic (exact) mass is 527 g/mol. The first-order valence-corrected chi connectivity index (χ1v) is 13.6. The molecule has 3 rings (SSSR count). The van der Waals surface area contributed by atoms with E-state index in [1.807, 2.05) is 39.8 Å². The number of esters is 1. The number of hydrogen-bond acceptors (Lipinski definition) is 4. The number of hydrogen-bond donors (Lipinski definition) is 1. The molecule has 1 fully saturated rings. The zero-order valence-corrected chi connectivity index (χ0v) is 22.8. The molecule has 0 saturated heterocycles. The number of nitrogens with one attached hydrogen (secondary N) is 1. The molecular formula is C25H38BrNO4S. The number of carbonyl (C=O) groups is 1. The molecule has 1 N–H and O–H groups in total. The fourth-order valence-corrected chi connectivity index (χ4v) is 7.40. The molecule has 0 amide bonds. The average Bonchev–Trinajstić information content (AvgIpc) is 2.96. The van der Waals surface area contributed by atoms with E-state index in [1.165, 1.54) is 0 Å². The predicted octanol–water partition coefficient (Wildman–Crippen LogP) is 5.27. The van der Waals surface area contributed by atoms with Crippen LogP contribution in [0.1, 0.15) is 71.9 Å². The van der Waals surface area contributed by atoms with E-state index in [0.717, 1.165) is 41.3 Å². The molecule has 0 unspecified atom stereocenters. The molecule has 180 valence electrons. The van der Waals surface area contributed by atoms with Gasteiger partial charge in [-0.2, -0.15) is 0 Å². The van der Waals surface area contributed by atoms with Crippen molar-refractivity contribution in [2.24, 2.45) is 17.3 Å². The Kier molecular flexibility index (Phi) is 7.65. The Morgan fingerprint density at radius 3 is 2.53 bits per heavy atom. The molecule has 1 aromatic rings. The zero-order valence-electron chi connectivity index (χ0n) is 20.4. The van der Waals surface area contributed by atoms with Gasteiger partial charge >= 0.3 is 5.97 Å². The molecule has 32 heavy (non-hydrogen) atoms. The van der Waals surface area contributed by atoms with Crippen molar-refractivity contribution < 1.29 is 18.5 Å². The number of methoxy groups -OCH3 is 1. The number of benzene rings is 1. The van der Waals surface area contributed by atoms with Crippen molar-refractivity contribution in [1.29, 1.82) is 0 Å². The predicted molar refractivity (Wildman–Crippen MR) is 133 cm³/mol. The summed E-state index contributed by atoms with van der Waals surface area (Å²) >= 11 is 3.61. The van der Waals surface area contributed by atoms with Gasteiger partial charge in [0.1, 0.15) is 0 Å². The molecule has 1 aromatic carbocycles. The van der Waals surface area contributed by atoms with Crippen molar-refractivity contribution in [1.82, 2.24) is 4.72 Å². The lowest BCUT2D eigenvalue weighted by molar-refractivity contribution is -0.163. The normalized spacial score (nSPS) is 33.2. The maximum absolute atomic E-state index is 14.0. The minimum absolute atomic E-state index is 0.147. The van der Waals surface area contributed by atoms with Crippen molar-refractivity contribution in [3.8, 4) is 0 Å². The largest absolute Gasteiger partial charge is 0.464 e. The molecule has 7 heteroatoms. The average molecular weight is 529 g/mol. The molecule has 0 aliphatic heterocycles. The summed E-state index contributed by atoms with van der Waals surface area (Å²) in [6.45, 7) is 12.3. The lowest BCUT2D eigenvalue weighted by Crippen LogP contribution is -2.64. The van der Waals surface area contributed by atoms with Gasteiger partial charge < -0.3 is 9.47 Å². The molecule has 0 heterocycles. The van der Waals surface area contributed by atoms with Crippen LogP contribution in [0.4, 0.5) is 0 Å². The lowest BCUT2D eigenvalue weighted by Gasteiger charge is -2.53. The van der Waals surface area contributed by atoms with E-state index in [1.54, 1.807) is 7.11 Å². The van der Waals surface area contributed by atoms with Gasteiger partial charge in [0.05, 0.1) is 28.4 Å². The van der Waals surface area contributed by atoms with Gasteiger partial charge in [-0.3, -0.25) is 0 Å². The van der Waals surface area contributed by atoms with Crippen molar-refractivity contribution in [2.75, 3.05) is 13.7 Å². The van der Waals surface area contributed by atoms with Crippen molar-refractivity contribution in [2.45, 2.75) is 83.6 Å². The molecular weight excluding hydrogens is 490 g/mol. The summed E-state index contributed by atoms with van der Waals surface area (Å²) < 4.78 is 29.0. The summed E-state index contributed by atoms with van der Waals surface area (Å²) in [4.78, 5) is 14.0. The molecule has 6 atom stereocenters. The summed E-state index contributed by atoms with van der Waals surface area (Å²) in [7, 11) is 0.321. The van der Waals surface area contributed by atoms with E-state index >= 15 is 0 Å². The first-order chi connectivity index (χ1) is 15.0. The summed E-state index contributed by atoms with van der Waals surface area (Å²) in [5.74, 6) is 0.239. The summed E-state index contributed by atoms with van der Waals surface area (Å²) in [5, 5.41) is 0. The Labute approximate surface area is 204 Å². The van der Waals surface area contributed by atoms with E-state index < -0.39 is 26.7 Å². The van der Waals surface area contributed by atoms with Crippen LogP contribution < -0.4 is 4.72 Å². The van der Waals surface area contributed by atoms with E-state index in [9.17, 15) is 9.00 Å². The van der Waals surface area contributed by atoms with E-state index in [2.05, 4.69) is 40.6 Å². The van der Waals surface area contributed by atoms with Crippen LogP contribution in [-0.4, -0.2) is 34.7 Å². The zero-order chi connectivity index (χ0) is 23.9. The first-order valence-electron chi connectivity index (χ1n) is 11.6. The first kappa shape index (κ1) is 25.9. The molecule has 5 nitrogen and oxygen atoms in total. The van der Waals surface area contributed by atoms with Gasteiger partial charge in [0.2, 0.25) is 0 Å². The minimum Gasteiger partial charge on any atom is -0.464 e. The quantitative estimate of drug-likeness (QED) is 0.511. The second-order valence-electron chi connectivity index (χ2n) is 10.5.